The molecule has 2 heteroatoms. The topological polar surface area (TPSA) is 49.8 Å². The molecule has 0 aromatic heterocycles. The Morgan fingerprint density at radius 3 is 2.00 bits per heavy atom. The standard InChI is InChI=1S/C9H16N2/c1-7(2)9(6-10)4-8(3,11)5-9/h7H,4-5,11H2,1-3H3. The lowest BCUT2D eigenvalue weighted by molar-refractivity contribution is 0.0500. The number of nitrogens with two attached hydrogens (primary N) is 1. The highest BCUT2D eigenvalue weighted by Gasteiger charge is 2.51. The summed E-state index contributed by atoms with van der Waals surface area (Å²) in [5.74, 6) is 0.434. The van der Waals surface area contributed by atoms with Crippen LogP contribution in [-0.4, -0.2) is 5.54 Å². The van der Waals surface area contributed by atoms with Gasteiger partial charge in [-0.1, -0.05) is 13.8 Å². The van der Waals surface area contributed by atoms with Crippen molar-refractivity contribution in [3.05, 3.63) is 0 Å². The van der Waals surface area contributed by atoms with Crippen LogP contribution in [0.2, 0.25) is 0 Å². The van der Waals surface area contributed by atoms with Crippen molar-refractivity contribution >= 4 is 0 Å². The van der Waals surface area contributed by atoms with Gasteiger partial charge in [-0.2, -0.15) is 5.26 Å². The van der Waals surface area contributed by atoms with Gasteiger partial charge in [0, 0.05) is 5.54 Å². The van der Waals surface area contributed by atoms with E-state index in [0.717, 1.165) is 12.8 Å². The van der Waals surface area contributed by atoms with Crippen molar-refractivity contribution in [2.45, 2.75) is 39.2 Å². The van der Waals surface area contributed by atoms with Crippen LogP contribution in [0.5, 0.6) is 0 Å². The Hall–Kier alpha value is -0.550. The van der Waals surface area contributed by atoms with Crippen molar-refractivity contribution in [1.29, 1.82) is 5.26 Å². The smallest absolute Gasteiger partial charge is 0.0693 e. The molecule has 0 bridgehead atoms. The molecular weight excluding hydrogens is 136 g/mol. The molecule has 11 heavy (non-hydrogen) atoms. The fraction of sp³-hybridized carbons (Fsp3) is 0.889. The molecule has 1 aliphatic rings. The van der Waals surface area contributed by atoms with E-state index < -0.39 is 0 Å². The molecule has 0 atom stereocenters. The molecule has 2 nitrogen and oxygen atoms in total. The second-order valence-corrected chi connectivity index (χ2v) is 4.43. The molecule has 1 fully saturated rings. The molecule has 0 amide bonds. The summed E-state index contributed by atoms with van der Waals surface area (Å²) in [6.45, 7) is 6.21. The van der Waals surface area contributed by atoms with E-state index in [1.54, 1.807) is 0 Å². The Morgan fingerprint density at radius 2 is 1.91 bits per heavy atom. The first-order valence-corrected chi connectivity index (χ1v) is 4.12. The van der Waals surface area contributed by atoms with Crippen LogP contribution in [0, 0.1) is 22.7 Å². The zero-order valence-electron chi connectivity index (χ0n) is 7.52. The lowest BCUT2D eigenvalue weighted by Crippen LogP contribution is -2.57. The van der Waals surface area contributed by atoms with Crippen molar-refractivity contribution in [2.24, 2.45) is 17.1 Å². The molecule has 0 heterocycles. The third-order valence-electron chi connectivity index (χ3n) is 2.77. The molecule has 0 aromatic carbocycles. The average Bonchev–Trinajstić information content (AvgIpc) is 1.81. The highest BCUT2D eigenvalue weighted by Crippen LogP contribution is 2.51. The van der Waals surface area contributed by atoms with E-state index in [9.17, 15) is 0 Å². The minimum Gasteiger partial charge on any atom is -0.325 e. The number of rotatable bonds is 1. The average molecular weight is 152 g/mol. The number of hydrogen-bond donors (Lipinski definition) is 1. The molecule has 2 N–H and O–H groups in total. The van der Waals surface area contributed by atoms with Crippen LogP contribution >= 0.6 is 0 Å². The van der Waals surface area contributed by atoms with Gasteiger partial charge in [-0.05, 0) is 25.7 Å². The third-order valence-corrected chi connectivity index (χ3v) is 2.77. The van der Waals surface area contributed by atoms with E-state index in [1.807, 2.05) is 6.92 Å². The van der Waals surface area contributed by atoms with E-state index >= 15 is 0 Å². The third kappa shape index (κ3) is 1.25. The summed E-state index contributed by atoms with van der Waals surface area (Å²) in [5.41, 5.74) is 5.65. The maximum Gasteiger partial charge on any atom is 0.0693 e. The zero-order valence-corrected chi connectivity index (χ0v) is 7.52. The van der Waals surface area contributed by atoms with Crippen molar-refractivity contribution in [3.8, 4) is 6.07 Å². The predicted octanol–water partition coefficient (Wildman–Crippen LogP) is 1.66. The van der Waals surface area contributed by atoms with Crippen molar-refractivity contribution in [1.82, 2.24) is 0 Å². The molecule has 0 unspecified atom stereocenters. The summed E-state index contributed by atoms with van der Waals surface area (Å²) in [4.78, 5) is 0. The van der Waals surface area contributed by atoms with Gasteiger partial charge in [0.25, 0.3) is 0 Å². The molecular formula is C9H16N2. The van der Waals surface area contributed by atoms with E-state index in [-0.39, 0.29) is 11.0 Å². The van der Waals surface area contributed by atoms with Crippen molar-refractivity contribution in [3.63, 3.8) is 0 Å². The number of nitrogens with zero attached hydrogens (tertiary/aromatic N) is 1. The van der Waals surface area contributed by atoms with Crippen LogP contribution in [0.25, 0.3) is 0 Å². The first-order valence-electron chi connectivity index (χ1n) is 4.12. The lowest BCUT2D eigenvalue weighted by atomic mass is 9.54. The van der Waals surface area contributed by atoms with Gasteiger partial charge >= 0.3 is 0 Å². The maximum absolute atomic E-state index is 8.93. The van der Waals surface area contributed by atoms with Gasteiger partial charge in [0.15, 0.2) is 0 Å². The largest absolute Gasteiger partial charge is 0.325 e. The van der Waals surface area contributed by atoms with E-state index in [4.69, 9.17) is 11.0 Å². The van der Waals surface area contributed by atoms with Crippen LogP contribution in [-0.2, 0) is 0 Å². The summed E-state index contributed by atoms with van der Waals surface area (Å²) in [7, 11) is 0. The summed E-state index contributed by atoms with van der Waals surface area (Å²) >= 11 is 0. The van der Waals surface area contributed by atoms with Crippen LogP contribution < -0.4 is 5.73 Å². The SMILES string of the molecule is CC(C)C1(C#N)CC(C)(N)C1. The maximum atomic E-state index is 8.93. The van der Waals surface area contributed by atoms with Gasteiger partial charge in [0.2, 0.25) is 0 Å². The van der Waals surface area contributed by atoms with Gasteiger partial charge in [-0.15, -0.1) is 0 Å². The predicted molar refractivity (Wildman–Crippen MR) is 44.7 cm³/mol. The Balaban J connectivity index is 2.67. The monoisotopic (exact) mass is 152 g/mol. The fourth-order valence-corrected chi connectivity index (χ4v) is 2.01. The number of hydrogen-bond acceptors (Lipinski definition) is 2. The van der Waals surface area contributed by atoms with Gasteiger partial charge in [0.1, 0.15) is 0 Å². The van der Waals surface area contributed by atoms with Crippen LogP contribution in [0.4, 0.5) is 0 Å². The van der Waals surface area contributed by atoms with Gasteiger partial charge in [-0.3, -0.25) is 0 Å². The normalized spacial score (nSPS) is 43.3. The first kappa shape index (κ1) is 8.55. The van der Waals surface area contributed by atoms with Crippen molar-refractivity contribution in [2.75, 3.05) is 0 Å². The quantitative estimate of drug-likeness (QED) is 0.621. The highest BCUT2D eigenvalue weighted by molar-refractivity contribution is 5.16. The minimum absolute atomic E-state index is 0.0833. The first-order chi connectivity index (χ1) is 4.92. The minimum atomic E-state index is -0.122. The Morgan fingerprint density at radius 1 is 1.45 bits per heavy atom. The Labute approximate surface area is 68.4 Å². The summed E-state index contributed by atoms with van der Waals surface area (Å²) in [6, 6.07) is 2.39. The molecule has 1 saturated carbocycles. The van der Waals surface area contributed by atoms with E-state index in [1.165, 1.54) is 0 Å². The van der Waals surface area contributed by atoms with Crippen molar-refractivity contribution < 1.29 is 0 Å². The molecule has 0 aromatic rings. The van der Waals surface area contributed by atoms with Crippen LogP contribution in [0.1, 0.15) is 33.6 Å². The molecule has 1 aliphatic carbocycles. The zero-order chi connectivity index (χ0) is 8.70. The van der Waals surface area contributed by atoms with Gasteiger partial charge < -0.3 is 5.73 Å². The van der Waals surface area contributed by atoms with E-state index in [2.05, 4.69) is 19.9 Å². The molecule has 0 saturated heterocycles. The number of nitriles is 1. The molecule has 62 valence electrons. The molecule has 0 spiro atoms. The summed E-state index contributed by atoms with van der Waals surface area (Å²) in [5, 5.41) is 8.93. The van der Waals surface area contributed by atoms with E-state index in [0.29, 0.717) is 5.92 Å². The summed E-state index contributed by atoms with van der Waals surface area (Å²) < 4.78 is 0. The van der Waals surface area contributed by atoms with Crippen LogP contribution in [0.15, 0.2) is 0 Å². The Bertz CT molecular complexity index is 190. The molecule has 0 aliphatic heterocycles. The fourth-order valence-electron chi connectivity index (χ4n) is 2.01. The van der Waals surface area contributed by atoms with Crippen LogP contribution in [0.3, 0.4) is 0 Å². The molecule has 1 rings (SSSR count). The highest BCUT2D eigenvalue weighted by atomic mass is 14.8. The second kappa shape index (κ2) is 2.22. The summed E-state index contributed by atoms with van der Waals surface area (Å²) in [6.07, 6.45) is 1.71. The van der Waals surface area contributed by atoms with Gasteiger partial charge in [0.05, 0.1) is 11.5 Å². The van der Waals surface area contributed by atoms with Gasteiger partial charge in [-0.25, -0.2) is 0 Å². The molecule has 0 radical (unpaired) electrons. The lowest BCUT2D eigenvalue weighted by Gasteiger charge is -2.51. The second-order valence-electron chi connectivity index (χ2n) is 4.43. The Kier molecular flexibility index (Phi) is 1.72.